The molecule has 0 fully saturated rings. The van der Waals surface area contributed by atoms with Gasteiger partial charge in [0.1, 0.15) is 0 Å². The number of halogens is 1. The Morgan fingerprint density at radius 2 is 2.12 bits per heavy atom. The molecule has 0 aliphatic rings. The number of amides is 1. The van der Waals surface area contributed by atoms with Crippen molar-refractivity contribution in [1.29, 1.82) is 0 Å². The Morgan fingerprint density at radius 3 is 2.77 bits per heavy atom. The fourth-order valence-electron chi connectivity index (χ4n) is 2.38. The predicted molar refractivity (Wildman–Crippen MR) is 105 cm³/mol. The zero-order chi connectivity index (χ0) is 18.7. The molecule has 0 spiro atoms. The highest BCUT2D eigenvalue weighted by Crippen LogP contribution is 2.23. The number of ether oxygens (including phenoxy) is 1. The number of carbonyl (C=O) groups excluding carboxylic acids is 2. The average Bonchev–Trinajstić information content (AvgIpc) is 3.19. The number of fused-ring (bicyclic) bond motifs is 1. The molecule has 0 aliphatic heterocycles. The lowest BCUT2D eigenvalue weighted by Crippen LogP contribution is -2.16. The third-order valence-corrected chi connectivity index (χ3v) is 5.75. The fourth-order valence-corrected chi connectivity index (χ4v) is 4.38. The highest BCUT2D eigenvalue weighted by molar-refractivity contribution is 7.18. The van der Waals surface area contributed by atoms with Gasteiger partial charge in [0.2, 0.25) is 0 Å². The van der Waals surface area contributed by atoms with E-state index in [-0.39, 0.29) is 11.9 Å². The minimum Gasteiger partial charge on any atom is -0.462 e. The lowest BCUT2D eigenvalue weighted by atomic mass is 10.2. The lowest BCUT2D eigenvalue weighted by molar-refractivity contribution is 0.0526. The van der Waals surface area contributed by atoms with Crippen molar-refractivity contribution >= 4 is 56.4 Å². The fraction of sp³-hybridized carbons (Fsp3) is 0.167. The van der Waals surface area contributed by atoms with Gasteiger partial charge in [-0.25, -0.2) is 4.79 Å². The second kappa shape index (κ2) is 7.99. The Labute approximate surface area is 162 Å². The average molecular weight is 407 g/mol. The second-order valence-electron chi connectivity index (χ2n) is 5.21. The second-order valence-corrected chi connectivity index (χ2v) is 7.93. The van der Waals surface area contributed by atoms with Crippen LogP contribution in [0.2, 0.25) is 4.34 Å². The Kier molecular flexibility index (Phi) is 5.70. The molecule has 1 aromatic carbocycles. The van der Waals surface area contributed by atoms with Gasteiger partial charge in [-0.1, -0.05) is 29.0 Å². The largest absolute Gasteiger partial charge is 0.462 e. The molecule has 8 heteroatoms. The lowest BCUT2D eigenvalue weighted by Gasteiger charge is -2.03. The smallest absolute Gasteiger partial charge is 0.338 e. The van der Waals surface area contributed by atoms with Gasteiger partial charge in [-0.15, -0.1) is 17.9 Å². The predicted octanol–water partition coefficient (Wildman–Crippen LogP) is 4.52. The van der Waals surface area contributed by atoms with Gasteiger partial charge in [0.05, 0.1) is 31.6 Å². The number of allylic oxidation sites excluding steroid dienone is 1. The molecule has 0 saturated heterocycles. The molecule has 2 heterocycles. The summed E-state index contributed by atoms with van der Waals surface area (Å²) in [6.07, 6.45) is 1.73. The molecular formula is C18H15ClN2O3S2. The molecule has 3 rings (SSSR count). The van der Waals surface area contributed by atoms with Gasteiger partial charge in [-0.2, -0.15) is 4.99 Å². The number of rotatable bonds is 5. The number of thiazole rings is 1. The van der Waals surface area contributed by atoms with E-state index in [1.165, 1.54) is 22.7 Å². The van der Waals surface area contributed by atoms with Crippen LogP contribution in [0, 0.1) is 0 Å². The van der Waals surface area contributed by atoms with Gasteiger partial charge in [0, 0.05) is 6.54 Å². The first-order valence-corrected chi connectivity index (χ1v) is 9.80. The van der Waals surface area contributed by atoms with Gasteiger partial charge in [0.25, 0.3) is 5.91 Å². The van der Waals surface area contributed by atoms with Crippen molar-refractivity contribution < 1.29 is 14.3 Å². The van der Waals surface area contributed by atoms with Crippen LogP contribution in [0.5, 0.6) is 0 Å². The number of aromatic nitrogens is 1. The number of hydrogen-bond acceptors (Lipinski definition) is 5. The van der Waals surface area contributed by atoms with Crippen LogP contribution >= 0.6 is 34.3 Å². The van der Waals surface area contributed by atoms with E-state index in [1.807, 2.05) is 10.6 Å². The van der Waals surface area contributed by atoms with E-state index >= 15 is 0 Å². The van der Waals surface area contributed by atoms with Gasteiger partial charge < -0.3 is 9.30 Å². The molecule has 0 unspecified atom stereocenters. The van der Waals surface area contributed by atoms with Crippen LogP contribution in [0.1, 0.15) is 27.0 Å². The van der Waals surface area contributed by atoms with E-state index in [4.69, 9.17) is 16.3 Å². The van der Waals surface area contributed by atoms with Crippen molar-refractivity contribution in [3.63, 3.8) is 0 Å². The Morgan fingerprint density at radius 1 is 1.31 bits per heavy atom. The quantitative estimate of drug-likeness (QED) is 0.462. The maximum absolute atomic E-state index is 12.4. The molecule has 5 nitrogen and oxygen atoms in total. The standard InChI is InChI=1S/C18H15ClN2O3S2/c1-3-9-21-12-6-5-11(17(23)24-4-2)10-14(12)26-18(21)20-16(22)13-7-8-15(19)25-13/h3,5-8,10H,1,4,9H2,2H3. The number of nitrogens with zero attached hydrogens (tertiary/aromatic N) is 2. The van der Waals surface area contributed by atoms with Crippen molar-refractivity contribution in [2.75, 3.05) is 6.61 Å². The van der Waals surface area contributed by atoms with Crippen molar-refractivity contribution in [2.45, 2.75) is 13.5 Å². The Balaban J connectivity index is 2.10. The van der Waals surface area contributed by atoms with Crippen molar-refractivity contribution in [3.05, 3.63) is 62.6 Å². The van der Waals surface area contributed by atoms with E-state index in [9.17, 15) is 9.59 Å². The van der Waals surface area contributed by atoms with Crippen molar-refractivity contribution in [2.24, 2.45) is 4.99 Å². The van der Waals surface area contributed by atoms with Gasteiger partial charge in [-0.05, 0) is 37.3 Å². The topological polar surface area (TPSA) is 60.7 Å². The summed E-state index contributed by atoms with van der Waals surface area (Å²) in [5.74, 6) is -0.724. The maximum Gasteiger partial charge on any atom is 0.338 e. The van der Waals surface area contributed by atoms with Gasteiger partial charge in [0.15, 0.2) is 4.80 Å². The zero-order valence-corrected chi connectivity index (χ0v) is 16.3. The van der Waals surface area contributed by atoms with Crippen LogP contribution in [0.3, 0.4) is 0 Å². The van der Waals surface area contributed by atoms with Crippen LogP contribution in [-0.4, -0.2) is 23.1 Å². The Hall–Kier alpha value is -2.22. The molecular weight excluding hydrogens is 392 g/mol. The third kappa shape index (κ3) is 3.80. The summed E-state index contributed by atoms with van der Waals surface area (Å²) in [4.78, 5) is 29.6. The highest BCUT2D eigenvalue weighted by Gasteiger charge is 2.13. The van der Waals surface area contributed by atoms with Gasteiger partial charge in [-0.3, -0.25) is 4.79 Å². The normalized spacial score (nSPS) is 11.7. The number of esters is 1. The van der Waals surface area contributed by atoms with Gasteiger partial charge >= 0.3 is 5.97 Å². The summed E-state index contributed by atoms with van der Waals surface area (Å²) in [6, 6.07) is 8.61. The maximum atomic E-state index is 12.4. The first-order chi connectivity index (χ1) is 12.5. The highest BCUT2D eigenvalue weighted by atomic mass is 35.5. The summed E-state index contributed by atoms with van der Waals surface area (Å²) < 4.78 is 8.30. The molecule has 0 radical (unpaired) electrons. The van der Waals surface area contributed by atoms with Crippen LogP contribution in [-0.2, 0) is 11.3 Å². The van der Waals surface area contributed by atoms with E-state index in [2.05, 4.69) is 11.6 Å². The van der Waals surface area contributed by atoms with E-state index in [1.54, 1.807) is 37.3 Å². The minimum absolute atomic E-state index is 0.316. The van der Waals surface area contributed by atoms with Crippen molar-refractivity contribution in [3.8, 4) is 0 Å². The summed E-state index contributed by atoms with van der Waals surface area (Å²) in [5, 5.41) is 0. The third-order valence-electron chi connectivity index (χ3n) is 3.49. The number of benzene rings is 1. The van der Waals surface area contributed by atoms with Crippen LogP contribution in [0.15, 0.2) is 48.0 Å². The SMILES string of the molecule is C=CCn1c(=NC(=O)c2ccc(Cl)s2)sc2cc(C(=O)OCC)ccc21. The minimum atomic E-state index is -0.374. The number of thiophene rings is 1. The van der Waals surface area contributed by atoms with Crippen LogP contribution in [0.4, 0.5) is 0 Å². The molecule has 3 aromatic rings. The summed E-state index contributed by atoms with van der Waals surface area (Å²) >= 11 is 8.41. The van der Waals surface area contributed by atoms with Crippen LogP contribution < -0.4 is 4.80 Å². The Bertz CT molecular complexity index is 1060. The molecule has 134 valence electrons. The summed E-state index contributed by atoms with van der Waals surface area (Å²) in [5.41, 5.74) is 1.34. The summed E-state index contributed by atoms with van der Waals surface area (Å²) in [6.45, 7) is 6.34. The molecule has 1 amide bonds. The molecule has 0 bridgehead atoms. The monoisotopic (exact) mass is 406 g/mol. The molecule has 0 saturated carbocycles. The molecule has 0 aliphatic carbocycles. The summed E-state index contributed by atoms with van der Waals surface area (Å²) in [7, 11) is 0. The number of hydrogen-bond donors (Lipinski definition) is 0. The number of carbonyl (C=O) groups is 2. The van der Waals surface area contributed by atoms with Crippen molar-refractivity contribution in [1.82, 2.24) is 4.57 Å². The molecule has 2 aromatic heterocycles. The zero-order valence-electron chi connectivity index (χ0n) is 13.9. The molecule has 0 atom stereocenters. The van der Waals surface area contributed by atoms with E-state index in [0.717, 1.165) is 10.2 Å². The molecule has 26 heavy (non-hydrogen) atoms. The molecule has 0 N–H and O–H groups in total. The first-order valence-electron chi connectivity index (χ1n) is 7.79. The van der Waals surface area contributed by atoms with Crippen LogP contribution in [0.25, 0.3) is 10.2 Å². The first kappa shape index (κ1) is 18.6. The van der Waals surface area contributed by atoms with E-state index < -0.39 is 0 Å². The van der Waals surface area contributed by atoms with E-state index in [0.29, 0.717) is 32.7 Å².